The van der Waals surface area contributed by atoms with E-state index in [1.54, 1.807) is 29.3 Å². The third-order valence-corrected chi connectivity index (χ3v) is 3.09. The Kier molecular flexibility index (Phi) is 3.89. The molecule has 0 aliphatic carbocycles. The predicted molar refractivity (Wildman–Crippen MR) is 50.9 cm³/mol. The first-order chi connectivity index (χ1) is 5.83. The highest BCUT2D eigenvalue weighted by Gasteiger charge is 1.97. The van der Waals surface area contributed by atoms with Gasteiger partial charge in [-0.05, 0) is 0 Å². The molecule has 0 unspecified atom stereocenters. The molecule has 3 N–H and O–H groups in total. The number of hydrogen-bond acceptors (Lipinski definition) is 5. The van der Waals surface area contributed by atoms with Gasteiger partial charge >= 0.3 is 0 Å². The summed E-state index contributed by atoms with van der Waals surface area (Å²) < 4.78 is 1.01. The molecule has 12 heavy (non-hydrogen) atoms. The van der Waals surface area contributed by atoms with Crippen LogP contribution in [0.5, 0.6) is 0 Å². The van der Waals surface area contributed by atoms with E-state index in [0.717, 1.165) is 10.1 Å². The van der Waals surface area contributed by atoms with Crippen molar-refractivity contribution in [1.29, 1.82) is 0 Å². The average Bonchev–Trinajstić information content (AvgIpc) is 2.57. The lowest BCUT2D eigenvalue weighted by Crippen LogP contribution is -2.11. The van der Waals surface area contributed by atoms with Crippen LogP contribution >= 0.6 is 23.1 Å². The van der Waals surface area contributed by atoms with Crippen molar-refractivity contribution in [2.24, 2.45) is 10.9 Å². The average molecular weight is 203 g/mol. The van der Waals surface area contributed by atoms with Gasteiger partial charge in [0.15, 0.2) is 0 Å². The smallest absolute Gasteiger partial charge is 0.149 e. The highest BCUT2D eigenvalue weighted by Crippen LogP contribution is 2.20. The van der Waals surface area contributed by atoms with E-state index >= 15 is 0 Å². The van der Waals surface area contributed by atoms with Crippen LogP contribution < -0.4 is 5.73 Å². The molecule has 0 atom stereocenters. The third-order valence-electron chi connectivity index (χ3n) is 1.12. The van der Waals surface area contributed by atoms with Crippen LogP contribution in [0.1, 0.15) is 6.42 Å². The van der Waals surface area contributed by atoms with Crippen LogP contribution in [-0.4, -0.2) is 21.8 Å². The molecule has 4 nitrogen and oxygen atoms in total. The number of nitrogens with two attached hydrogens (primary N) is 1. The fraction of sp³-hybridized carbons (Fsp3) is 0.333. The molecule has 1 rings (SSSR count). The fourth-order valence-corrected chi connectivity index (χ4v) is 2.24. The zero-order valence-electron chi connectivity index (χ0n) is 6.30. The molecule has 1 aromatic heterocycles. The molecule has 0 radical (unpaired) electrons. The second-order valence-electron chi connectivity index (χ2n) is 1.99. The van der Waals surface area contributed by atoms with E-state index in [0.29, 0.717) is 6.42 Å². The SMILES string of the molecule is N/C(CCSc1nccs1)=N\O. The van der Waals surface area contributed by atoms with Crippen molar-refractivity contribution < 1.29 is 5.21 Å². The molecule has 0 bridgehead atoms. The van der Waals surface area contributed by atoms with Gasteiger partial charge in [-0.25, -0.2) is 4.98 Å². The first-order valence-electron chi connectivity index (χ1n) is 3.31. The van der Waals surface area contributed by atoms with E-state index in [1.165, 1.54) is 0 Å². The summed E-state index contributed by atoms with van der Waals surface area (Å²) in [5.41, 5.74) is 5.28. The summed E-state index contributed by atoms with van der Waals surface area (Å²) in [4.78, 5) is 4.08. The van der Waals surface area contributed by atoms with Gasteiger partial charge in [-0.15, -0.1) is 11.3 Å². The lowest BCUT2D eigenvalue weighted by molar-refractivity contribution is 0.317. The largest absolute Gasteiger partial charge is 0.409 e. The van der Waals surface area contributed by atoms with Crippen LogP contribution in [0.15, 0.2) is 21.1 Å². The highest BCUT2D eigenvalue weighted by atomic mass is 32.2. The molecule has 6 heteroatoms. The number of rotatable bonds is 4. The van der Waals surface area contributed by atoms with Gasteiger partial charge in [0.25, 0.3) is 0 Å². The summed E-state index contributed by atoms with van der Waals surface area (Å²) in [5, 5.41) is 13.0. The van der Waals surface area contributed by atoms with E-state index in [9.17, 15) is 0 Å². The monoisotopic (exact) mass is 203 g/mol. The van der Waals surface area contributed by atoms with Gasteiger partial charge in [0.2, 0.25) is 0 Å². The molecule has 0 fully saturated rings. The van der Waals surface area contributed by atoms with Crippen LogP contribution in [0.3, 0.4) is 0 Å². The van der Waals surface area contributed by atoms with E-state index < -0.39 is 0 Å². The number of thiazole rings is 1. The van der Waals surface area contributed by atoms with Gasteiger partial charge in [-0.2, -0.15) is 0 Å². The molecule has 0 aliphatic heterocycles. The lowest BCUT2D eigenvalue weighted by Gasteiger charge is -1.95. The number of hydrogen-bond donors (Lipinski definition) is 2. The number of thioether (sulfide) groups is 1. The highest BCUT2D eigenvalue weighted by molar-refractivity contribution is 8.01. The Hall–Kier alpha value is -0.750. The molecule has 0 aliphatic rings. The first-order valence-corrected chi connectivity index (χ1v) is 5.18. The zero-order valence-corrected chi connectivity index (χ0v) is 7.94. The van der Waals surface area contributed by atoms with Gasteiger partial charge in [-0.1, -0.05) is 16.9 Å². The van der Waals surface area contributed by atoms with Crippen LogP contribution in [-0.2, 0) is 0 Å². The van der Waals surface area contributed by atoms with Crippen molar-refractivity contribution in [3.63, 3.8) is 0 Å². The van der Waals surface area contributed by atoms with E-state index in [-0.39, 0.29) is 5.84 Å². The number of nitrogens with zero attached hydrogens (tertiary/aromatic N) is 2. The van der Waals surface area contributed by atoms with Crippen LogP contribution in [0.4, 0.5) is 0 Å². The maximum Gasteiger partial charge on any atom is 0.149 e. The molecule has 0 saturated heterocycles. The Balaban J connectivity index is 2.19. The molecule has 1 aromatic rings. The quantitative estimate of drug-likeness (QED) is 0.255. The third kappa shape index (κ3) is 3.10. The Morgan fingerprint density at radius 3 is 3.25 bits per heavy atom. The predicted octanol–water partition coefficient (Wildman–Crippen LogP) is 1.37. The standard InChI is InChI=1S/C6H9N3OS2/c7-5(9-10)1-3-11-6-8-2-4-12-6/h2,4,10H,1,3H2,(H2,7,9). The summed E-state index contributed by atoms with van der Waals surface area (Å²) in [6, 6.07) is 0. The van der Waals surface area contributed by atoms with Crippen LogP contribution in [0.25, 0.3) is 0 Å². The first kappa shape index (κ1) is 9.34. The maximum atomic E-state index is 8.23. The minimum absolute atomic E-state index is 0.263. The molecule has 66 valence electrons. The van der Waals surface area contributed by atoms with E-state index in [1.807, 2.05) is 5.38 Å². The fourth-order valence-electron chi connectivity index (χ4n) is 0.575. The lowest BCUT2D eigenvalue weighted by atomic mass is 10.5. The van der Waals surface area contributed by atoms with E-state index in [2.05, 4.69) is 10.1 Å². The molecule has 0 saturated carbocycles. The minimum Gasteiger partial charge on any atom is -0.409 e. The normalized spacial score (nSPS) is 11.8. The summed E-state index contributed by atoms with van der Waals surface area (Å²) in [6.45, 7) is 0. The molecule has 0 aromatic carbocycles. The number of amidine groups is 1. The van der Waals surface area contributed by atoms with Gasteiger partial charge in [-0.3, -0.25) is 0 Å². The van der Waals surface area contributed by atoms with Crippen molar-refractivity contribution in [1.82, 2.24) is 4.98 Å². The van der Waals surface area contributed by atoms with Crippen LogP contribution in [0, 0.1) is 0 Å². The van der Waals surface area contributed by atoms with Gasteiger partial charge < -0.3 is 10.9 Å². The Labute approximate surface area is 78.5 Å². The Morgan fingerprint density at radius 2 is 2.67 bits per heavy atom. The number of aromatic nitrogens is 1. The Bertz CT molecular complexity index is 247. The van der Waals surface area contributed by atoms with Gasteiger partial charge in [0.1, 0.15) is 10.2 Å². The minimum atomic E-state index is 0.263. The van der Waals surface area contributed by atoms with Gasteiger partial charge in [0, 0.05) is 23.8 Å². The summed E-state index contributed by atoms with van der Waals surface area (Å²) in [6.07, 6.45) is 2.34. The zero-order chi connectivity index (χ0) is 8.81. The summed E-state index contributed by atoms with van der Waals surface area (Å²) in [7, 11) is 0. The summed E-state index contributed by atoms with van der Waals surface area (Å²) in [5.74, 6) is 1.06. The summed E-state index contributed by atoms with van der Waals surface area (Å²) >= 11 is 3.20. The van der Waals surface area contributed by atoms with Crippen molar-refractivity contribution in [3.8, 4) is 0 Å². The van der Waals surface area contributed by atoms with Crippen molar-refractivity contribution >= 4 is 28.9 Å². The molecule has 1 heterocycles. The Morgan fingerprint density at radius 1 is 1.83 bits per heavy atom. The second-order valence-corrected chi connectivity index (χ2v) is 4.22. The van der Waals surface area contributed by atoms with Crippen LogP contribution in [0.2, 0.25) is 0 Å². The van der Waals surface area contributed by atoms with Crippen molar-refractivity contribution in [2.75, 3.05) is 5.75 Å². The van der Waals surface area contributed by atoms with Gasteiger partial charge in [0.05, 0.1) is 0 Å². The second kappa shape index (κ2) is 5.00. The van der Waals surface area contributed by atoms with Crippen molar-refractivity contribution in [2.45, 2.75) is 10.8 Å². The molecule has 0 spiro atoms. The van der Waals surface area contributed by atoms with E-state index in [4.69, 9.17) is 10.9 Å². The van der Waals surface area contributed by atoms with Crippen molar-refractivity contribution in [3.05, 3.63) is 11.6 Å². The molecule has 0 amide bonds. The molecular weight excluding hydrogens is 194 g/mol. The number of oxime groups is 1. The maximum absolute atomic E-state index is 8.23. The molecular formula is C6H9N3OS2. The topological polar surface area (TPSA) is 71.5 Å².